The molecule has 0 aliphatic carbocycles. The summed E-state index contributed by atoms with van der Waals surface area (Å²) in [5.41, 5.74) is 0.176. The van der Waals surface area contributed by atoms with E-state index >= 15 is 0 Å². The van der Waals surface area contributed by atoms with Gasteiger partial charge in [-0.25, -0.2) is 0 Å². The average Bonchev–Trinajstić information content (AvgIpc) is 2.36. The second kappa shape index (κ2) is 5.23. The Morgan fingerprint density at radius 3 is 2.79 bits per heavy atom. The minimum atomic E-state index is -0.539. The molecule has 1 amide bonds. The highest BCUT2D eigenvalue weighted by atomic mass is 16.6. The standard InChI is InChI=1S/C12H14N2O5/c1-19-11-4-9(14(17)18)2-3-10(11)12(16)13-5-8(6-13)7-15/h2-4,8,15H,5-7H2,1H3. The molecule has 1 aromatic carbocycles. The number of hydrogen-bond donors (Lipinski definition) is 1. The number of carbonyl (C=O) groups excluding carboxylic acids is 1. The number of carbonyl (C=O) groups is 1. The Labute approximate surface area is 109 Å². The van der Waals surface area contributed by atoms with Gasteiger partial charge in [-0.15, -0.1) is 0 Å². The lowest BCUT2D eigenvalue weighted by Crippen LogP contribution is -2.51. The third kappa shape index (κ3) is 2.50. The van der Waals surface area contributed by atoms with Gasteiger partial charge in [0.15, 0.2) is 0 Å². The number of methoxy groups -OCH3 is 1. The quantitative estimate of drug-likeness (QED) is 0.638. The normalized spacial score (nSPS) is 14.9. The van der Waals surface area contributed by atoms with Crippen molar-refractivity contribution < 1.29 is 19.6 Å². The number of nitrogens with zero attached hydrogens (tertiary/aromatic N) is 2. The second-order valence-electron chi connectivity index (χ2n) is 4.40. The first kappa shape index (κ1) is 13.3. The van der Waals surface area contributed by atoms with Gasteiger partial charge >= 0.3 is 0 Å². The molecule has 102 valence electrons. The summed E-state index contributed by atoms with van der Waals surface area (Å²) >= 11 is 0. The Balaban J connectivity index is 2.20. The first-order valence-electron chi connectivity index (χ1n) is 5.79. The molecule has 7 nitrogen and oxygen atoms in total. The van der Waals surface area contributed by atoms with E-state index in [1.807, 2.05) is 0 Å². The van der Waals surface area contributed by atoms with Crippen LogP contribution in [0.15, 0.2) is 18.2 Å². The highest BCUT2D eigenvalue weighted by molar-refractivity contribution is 5.97. The number of nitro groups is 1. The summed E-state index contributed by atoms with van der Waals surface area (Å²) in [7, 11) is 1.36. The summed E-state index contributed by atoms with van der Waals surface area (Å²) in [6.45, 7) is 1.05. The number of hydrogen-bond acceptors (Lipinski definition) is 5. The van der Waals surface area contributed by atoms with Crippen molar-refractivity contribution in [1.82, 2.24) is 4.90 Å². The van der Waals surface area contributed by atoms with E-state index < -0.39 is 4.92 Å². The van der Waals surface area contributed by atoms with E-state index in [2.05, 4.69) is 0 Å². The van der Waals surface area contributed by atoms with Crippen LogP contribution in [0.1, 0.15) is 10.4 Å². The van der Waals surface area contributed by atoms with Gasteiger partial charge in [-0.1, -0.05) is 0 Å². The molecule has 1 aliphatic rings. The van der Waals surface area contributed by atoms with Crippen LogP contribution in [0, 0.1) is 16.0 Å². The zero-order valence-corrected chi connectivity index (χ0v) is 10.4. The smallest absolute Gasteiger partial charge is 0.273 e. The van der Waals surface area contributed by atoms with Gasteiger partial charge < -0.3 is 14.7 Å². The lowest BCUT2D eigenvalue weighted by atomic mass is 9.99. The summed E-state index contributed by atoms with van der Waals surface area (Å²) in [4.78, 5) is 23.8. The van der Waals surface area contributed by atoms with Crippen molar-refractivity contribution in [3.8, 4) is 5.75 Å². The van der Waals surface area contributed by atoms with E-state index in [4.69, 9.17) is 9.84 Å². The van der Waals surface area contributed by atoms with Crippen LogP contribution in [-0.4, -0.2) is 47.6 Å². The van der Waals surface area contributed by atoms with Crippen LogP contribution in [0.25, 0.3) is 0 Å². The van der Waals surface area contributed by atoms with Crippen LogP contribution in [-0.2, 0) is 0 Å². The summed E-state index contributed by atoms with van der Waals surface area (Å²) in [5.74, 6) is 0.0658. The summed E-state index contributed by atoms with van der Waals surface area (Å²) in [5, 5.41) is 19.6. The van der Waals surface area contributed by atoms with Crippen molar-refractivity contribution in [2.45, 2.75) is 0 Å². The number of non-ortho nitro benzene ring substituents is 1. The Hall–Kier alpha value is -2.15. The van der Waals surface area contributed by atoms with Crippen molar-refractivity contribution in [2.24, 2.45) is 5.92 Å². The van der Waals surface area contributed by atoms with Gasteiger partial charge in [0.05, 0.1) is 23.7 Å². The predicted octanol–water partition coefficient (Wildman–Crippen LogP) is 0.668. The van der Waals surface area contributed by atoms with Gasteiger partial charge in [-0.05, 0) is 6.07 Å². The first-order chi connectivity index (χ1) is 9.06. The molecular formula is C12H14N2O5. The van der Waals surface area contributed by atoms with E-state index in [9.17, 15) is 14.9 Å². The highest BCUT2D eigenvalue weighted by Gasteiger charge is 2.32. The maximum absolute atomic E-state index is 12.1. The monoisotopic (exact) mass is 266 g/mol. The van der Waals surface area contributed by atoms with Gasteiger partial charge in [0, 0.05) is 31.7 Å². The van der Waals surface area contributed by atoms with E-state index in [1.165, 1.54) is 25.3 Å². The number of ether oxygens (including phenoxy) is 1. The summed E-state index contributed by atoms with van der Waals surface area (Å²) in [6, 6.07) is 3.90. The molecule has 0 atom stereocenters. The number of aliphatic hydroxyl groups excluding tert-OH is 1. The van der Waals surface area contributed by atoms with Crippen molar-refractivity contribution >= 4 is 11.6 Å². The van der Waals surface area contributed by atoms with Crippen molar-refractivity contribution in [3.05, 3.63) is 33.9 Å². The van der Waals surface area contributed by atoms with Gasteiger partial charge in [-0.3, -0.25) is 14.9 Å². The van der Waals surface area contributed by atoms with Gasteiger partial charge in [0.1, 0.15) is 5.75 Å². The van der Waals surface area contributed by atoms with Crippen molar-refractivity contribution in [2.75, 3.05) is 26.8 Å². The fourth-order valence-electron chi connectivity index (χ4n) is 1.99. The predicted molar refractivity (Wildman–Crippen MR) is 66.1 cm³/mol. The number of benzene rings is 1. The number of aliphatic hydroxyl groups is 1. The van der Waals surface area contributed by atoms with Crippen LogP contribution in [0.5, 0.6) is 5.75 Å². The molecule has 1 fully saturated rings. The molecule has 2 rings (SSSR count). The number of rotatable bonds is 4. The summed E-state index contributed by atoms with van der Waals surface area (Å²) < 4.78 is 5.03. The Morgan fingerprint density at radius 2 is 2.26 bits per heavy atom. The van der Waals surface area contributed by atoms with Crippen LogP contribution in [0.2, 0.25) is 0 Å². The van der Waals surface area contributed by atoms with Crippen LogP contribution < -0.4 is 4.74 Å². The fraction of sp³-hybridized carbons (Fsp3) is 0.417. The molecule has 19 heavy (non-hydrogen) atoms. The molecule has 1 N–H and O–H groups in total. The zero-order valence-electron chi connectivity index (χ0n) is 10.4. The Morgan fingerprint density at radius 1 is 1.58 bits per heavy atom. The largest absolute Gasteiger partial charge is 0.496 e. The first-order valence-corrected chi connectivity index (χ1v) is 5.79. The number of nitro benzene ring substituents is 1. The minimum absolute atomic E-state index is 0.0567. The third-order valence-corrected chi connectivity index (χ3v) is 3.13. The molecule has 0 aromatic heterocycles. The SMILES string of the molecule is COc1cc([N+](=O)[O-])ccc1C(=O)N1CC(CO)C1. The molecule has 1 aliphatic heterocycles. The van der Waals surface area contributed by atoms with Gasteiger partial charge in [0.25, 0.3) is 11.6 Å². The van der Waals surface area contributed by atoms with Crippen molar-refractivity contribution in [1.29, 1.82) is 0 Å². The maximum atomic E-state index is 12.1. The molecule has 1 saturated heterocycles. The third-order valence-electron chi connectivity index (χ3n) is 3.13. The molecule has 1 heterocycles. The molecule has 0 radical (unpaired) electrons. The van der Waals surface area contributed by atoms with E-state index in [0.29, 0.717) is 18.7 Å². The Kier molecular flexibility index (Phi) is 3.66. The zero-order chi connectivity index (χ0) is 14.0. The molecule has 0 bridgehead atoms. The summed E-state index contributed by atoms with van der Waals surface area (Å²) in [6.07, 6.45) is 0. The maximum Gasteiger partial charge on any atom is 0.273 e. The lowest BCUT2D eigenvalue weighted by Gasteiger charge is -2.38. The minimum Gasteiger partial charge on any atom is -0.496 e. The van der Waals surface area contributed by atoms with Crippen LogP contribution >= 0.6 is 0 Å². The lowest BCUT2D eigenvalue weighted by molar-refractivity contribution is -0.384. The van der Waals surface area contributed by atoms with Crippen molar-refractivity contribution in [3.63, 3.8) is 0 Å². The number of likely N-dealkylation sites (tertiary alicyclic amines) is 1. The van der Waals surface area contributed by atoms with E-state index in [-0.39, 0.29) is 29.9 Å². The van der Waals surface area contributed by atoms with Crippen LogP contribution in [0.3, 0.4) is 0 Å². The topological polar surface area (TPSA) is 92.9 Å². The van der Waals surface area contributed by atoms with Gasteiger partial charge in [0.2, 0.25) is 0 Å². The average molecular weight is 266 g/mol. The molecule has 0 saturated carbocycles. The highest BCUT2D eigenvalue weighted by Crippen LogP contribution is 2.27. The number of amides is 1. The van der Waals surface area contributed by atoms with E-state index in [0.717, 1.165) is 0 Å². The molecule has 0 unspecified atom stereocenters. The molecule has 1 aromatic rings. The molecular weight excluding hydrogens is 252 g/mol. The van der Waals surface area contributed by atoms with Gasteiger partial charge in [-0.2, -0.15) is 0 Å². The van der Waals surface area contributed by atoms with Crippen LogP contribution in [0.4, 0.5) is 5.69 Å². The fourth-order valence-corrected chi connectivity index (χ4v) is 1.99. The molecule has 7 heteroatoms. The van der Waals surface area contributed by atoms with E-state index in [1.54, 1.807) is 4.90 Å². The molecule has 0 spiro atoms. The second-order valence-corrected chi connectivity index (χ2v) is 4.40. The Bertz CT molecular complexity index is 511.